The summed E-state index contributed by atoms with van der Waals surface area (Å²) in [5, 5.41) is 0. The zero-order valence-corrected chi connectivity index (χ0v) is 13.0. The maximum absolute atomic E-state index is 3.69. The molecular formula is C16H34. The molecule has 0 unspecified atom stereocenters. The van der Waals surface area contributed by atoms with E-state index < -0.39 is 0 Å². The maximum atomic E-state index is 3.69. The lowest BCUT2D eigenvalue weighted by Gasteiger charge is -2.22. The van der Waals surface area contributed by atoms with Crippen LogP contribution in [-0.4, -0.2) is 0 Å². The summed E-state index contributed by atoms with van der Waals surface area (Å²) in [6, 6.07) is 0. The number of hydrogen-bond acceptors (Lipinski definition) is 0. The van der Waals surface area contributed by atoms with Crippen LogP contribution in [0.5, 0.6) is 0 Å². The molecule has 0 aliphatic rings. The highest BCUT2D eigenvalue weighted by Gasteiger charge is 2.13. The predicted octanol–water partition coefficient (Wildman–Crippen LogP) is 6.39. The second-order valence-electron chi connectivity index (χ2n) is 4.27. The fourth-order valence-electron chi connectivity index (χ4n) is 0.997. The third-order valence-corrected chi connectivity index (χ3v) is 2.56. The maximum Gasteiger partial charge on any atom is -0.0315 e. The molecule has 0 aromatic carbocycles. The number of hydrogen-bond donors (Lipinski definition) is 0. The van der Waals surface area contributed by atoms with Crippen molar-refractivity contribution in [3.8, 4) is 0 Å². The van der Waals surface area contributed by atoms with Crippen LogP contribution in [0.4, 0.5) is 0 Å². The highest BCUT2D eigenvalue weighted by Crippen LogP contribution is 2.27. The Morgan fingerprint density at radius 1 is 1.12 bits per heavy atom. The van der Waals surface area contributed by atoms with E-state index in [-0.39, 0.29) is 0 Å². The Morgan fingerprint density at radius 3 is 1.88 bits per heavy atom. The first-order valence-corrected chi connectivity index (χ1v) is 6.80. The van der Waals surface area contributed by atoms with Crippen molar-refractivity contribution in [3.63, 3.8) is 0 Å². The third-order valence-electron chi connectivity index (χ3n) is 2.56. The average molecular weight is 226 g/mol. The van der Waals surface area contributed by atoms with Crippen molar-refractivity contribution < 1.29 is 0 Å². The Labute approximate surface area is 105 Å². The van der Waals surface area contributed by atoms with Gasteiger partial charge in [-0.1, -0.05) is 79.2 Å². The van der Waals surface area contributed by atoms with Gasteiger partial charge in [0.2, 0.25) is 0 Å². The van der Waals surface area contributed by atoms with Crippen molar-refractivity contribution in [3.05, 3.63) is 24.3 Å². The largest absolute Gasteiger partial charge is 0.0991 e. The predicted molar refractivity (Wildman–Crippen MR) is 80.0 cm³/mol. The van der Waals surface area contributed by atoms with Gasteiger partial charge in [0.1, 0.15) is 0 Å². The van der Waals surface area contributed by atoms with Crippen LogP contribution in [-0.2, 0) is 0 Å². The van der Waals surface area contributed by atoms with Crippen molar-refractivity contribution in [2.24, 2.45) is 5.41 Å². The van der Waals surface area contributed by atoms with Crippen LogP contribution < -0.4 is 0 Å². The summed E-state index contributed by atoms with van der Waals surface area (Å²) in [4.78, 5) is 0. The summed E-state index contributed by atoms with van der Waals surface area (Å²) in [7, 11) is 0. The molecule has 0 fully saturated rings. The summed E-state index contributed by atoms with van der Waals surface area (Å²) < 4.78 is 0. The van der Waals surface area contributed by atoms with E-state index in [1.165, 1.54) is 24.8 Å². The SMILES string of the molecule is C=C/C=C(\C)CCC(C)(C)CC.CC.CC. The topological polar surface area (TPSA) is 0 Å². The summed E-state index contributed by atoms with van der Waals surface area (Å²) in [6.45, 7) is 20.8. The molecule has 0 rings (SSSR count). The van der Waals surface area contributed by atoms with Crippen molar-refractivity contribution >= 4 is 0 Å². The van der Waals surface area contributed by atoms with E-state index in [1.54, 1.807) is 0 Å². The first-order chi connectivity index (χ1) is 7.52. The zero-order valence-electron chi connectivity index (χ0n) is 13.0. The molecule has 16 heavy (non-hydrogen) atoms. The van der Waals surface area contributed by atoms with Crippen molar-refractivity contribution in [1.82, 2.24) is 0 Å². The van der Waals surface area contributed by atoms with E-state index in [0.717, 1.165) is 0 Å². The number of rotatable bonds is 5. The Bertz CT molecular complexity index is 161. The molecule has 0 aromatic heterocycles. The van der Waals surface area contributed by atoms with Crippen LogP contribution >= 0.6 is 0 Å². The fraction of sp³-hybridized carbons (Fsp3) is 0.750. The highest BCUT2D eigenvalue weighted by molar-refractivity contribution is 5.07. The van der Waals surface area contributed by atoms with Crippen LogP contribution in [0.3, 0.4) is 0 Å². The molecule has 0 N–H and O–H groups in total. The van der Waals surface area contributed by atoms with Gasteiger partial charge in [-0.3, -0.25) is 0 Å². The van der Waals surface area contributed by atoms with Gasteiger partial charge in [0.15, 0.2) is 0 Å². The van der Waals surface area contributed by atoms with Crippen LogP contribution in [0.25, 0.3) is 0 Å². The first-order valence-electron chi connectivity index (χ1n) is 6.80. The second kappa shape index (κ2) is 14.5. The summed E-state index contributed by atoms with van der Waals surface area (Å²) in [5.41, 5.74) is 1.93. The monoisotopic (exact) mass is 226 g/mol. The molecule has 0 saturated carbocycles. The van der Waals surface area contributed by atoms with E-state index in [2.05, 4.69) is 40.3 Å². The van der Waals surface area contributed by atoms with Crippen LogP contribution in [0.2, 0.25) is 0 Å². The molecule has 0 nitrogen and oxygen atoms in total. The molecule has 0 aliphatic heterocycles. The molecule has 0 spiro atoms. The fourth-order valence-corrected chi connectivity index (χ4v) is 0.997. The molecule has 0 heteroatoms. The highest BCUT2D eigenvalue weighted by atomic mass is 14.2. The van der Waals surface area contributed by atoms with Crippen molar-refractivity contribution in [2.75, 3.05) is 0 Å². The minimum atomic E-state index is 0.496. The van der Waals surface area contributed by atoms with Gasteiger partial charge in [-0.05, 0) is 25.2 Å². The van der Waals surface area contributed by atoms with E-state index in [0.29, 0.717) is 5.41 Å². The zero-order chi connectivity index (χ0) is 13.6. The van der Waals surface area contributed by atoms with E-state index in [1.807, 2.05) is 33.8 Å². The van der Waals surface area contributed by atoms with Crippen LogP contribution in [0.15, 0.2) is 24.3 Å². The summed E-state index contributed by atoms with van der Waals surface area (Å²) >= 11 is 0. The lowest BCUT2D eigenvalue weighted by Crippen LogP contribution is -2.08. The molecule has 0 bridgehead atoms. The van der Waals surface area contributed by atoms with Gasteiger partial charge in [-0.15, -0.1) is 0 Å². The van der Waals surface area contributed by atoms with Gasteiger partial charge in [-0.25, -0.2) is 0 Å². The minimum absolute atomic E-state index is 0.496. The molecule has 0 aromatic rings. The van der Waals surface area contributed by atoms with E-state index in [9.17, 15) is 0 Å². The van der Waals surface area contributed by atoms with Crippen molar-refractivity contribution in [2.45, 2.75) is 74.7 Å². The normalized spacial score (nSPS) is 10.6. The van der Waals surface area contributed by atoms with Gasteiger partial charge in [0.25, 0.3) is 0 Å². The molecule has 0 atom stereocenters. The number of allylic oxidation sites excluding steroid dienone is 3. The third kappa shape index (κ3) is 15.9. The Hall–Kier alpha value is -0.520. The van der Waals surface area contributed by atoms with Gasteiger partial charge >= 0.3 is 0 Å². The lowest BCUT2D eigenvalue weighted by atomic mass is 9.84. The molecule has 98 valence electrons. The first kappa shape index (κ1) is 20.8. The van der Waals surface area contributed by atoms with E-state index >= 15 is 0 Å². The second-order valence-corrected chi connectivity index (χ2v) is 4.27. The molecule has 0 heterocycles. The van der Waals surface area contributed by atoms with Crippen LogP contribution in [0.1, 0.15) is 74.7 Å². The van der Waals surface area contributed by atoms with Gasteiger partial charge in [-0.2, -0.15) is 0 Å². The molecule has 0 radical (unpaired) electrons. The Balaban J connectivity index is -0.000000376. The Kier molecular flexibility index (Phi) is 18.9. The summed E-state index contributed by atoms with van der Waals surface area (Å²) in [6.07, 6.45) is 7.71. The average Bonchev–Trinajstić information content (AvgIpc) is 2.32. The molecule has 0 saturated heterocycles. The lowest BCUT2D eigenvalue weighted by molar-refractivity contribution is 0.322. The van der Waals surface area contributed by atoms with Gasteiger partial charge < -0.3 is 0 Å². The molecule has 0 aliphatic carbocycles. The Morgan fingerprint density at radius 2 is 1.56 bits per heavy atom. The van der Waals surface area contributed by atoms with Gasteiger partial charge in [0.05, 0.1) is 0 Å². The molecular weight excluding hydrogens is 192 g/mol. The molecule has 0 amide bonds. The minimum Gasteiger partial charge on any atom is -0.0991 e. The van der Waals surface area contributed by atoms with Crippen LogP contribution in [0, 0.1) is 5.41 Å². The quantitative estimate of drug-likeness (QED) is 0.477. The standard InChI is InChI=1S/C12H22.2C2H6/c1-6-8-11(3)9-10-12(4,5)7-2;2*1-2/h6,8H,1,7,9-10H2,2-5H3;2*1-2H3/b11-8+;;. The van der Waals surface area contributed by atoms with E-state index in [4.69, 9.17) is 0 Å². The summed E-state index contributed by atoms with van der Waals surface area (Å²) in [5.74, 6) is 0. The smallest absolute Gasteiger partial charge is 0.0315 e. The van der Waals surface area contributed by atoms with Crippen molar-refractivity contribution in [1.29, 1.82) is 0 Å². The van der Waals surface area contributed by atoms with Gasteiger partial charge in [0, 0.05) is 0 Å².